The van der Waals surface area contributed by atoms with Gasteiger partial charge < -0.3 is 5.32 Å². The van der Waals surface area contributed by atoms with Crippen LogP contribution in [0.15, 0.2) is 12.4 Å². The first-order valence-corrected chi connectivity index (χ1v) is 7.76. The molecule has 1 N–H and O–H groups in total. The van der Waals surface area contributed by atoms with Gasteiger partial charge in [-0.2, -0.15) is 5.10 Å². The normalized spacial score (nSPS) is 27.4. The Labute approximate surface area is 128 Å². The lowest BCUT2D eigenvalue weighted by atomic mass is 9.96. The largest absolute Gasteiger partial charge is 0.316 e. The maximum absolute atomic E-state index is 4.33. The summed E-state index contributed by atoms with van der Waals surface area (Å²) in [7, 11) is 2.01. The van der Waals surface area contributed by atoms with Crippen LogP contribution in [0.2, 0.25) is 0 Å². The van der Waals surface area contributed by atoms with Gasteiger partial charge in [-0.25, -0.2) is 0 Å². The van der Waals surface area contributed by atoms with Crippen LogP contribution in [0.25, 0.3) is 0 Å². The van der Waals surface area contributed by atoms with Crippen molar-refractivity contribution in [2.24, 2.45) is 13.0 Å². The van der Waals surface area contributed by atoms with Crippen LogP contribution in [0, 0.1) is 5.92 Å². The number of piperidine rings is 1. The van der Waals surface area contributed by atoms with Gasteiger partial charge in [0, 0.05) is 24.8 Å². The van der Waals surface area contributed by atoms with E-state index in [2.05, 4.69) is 21.5 Å². The molecule has 0 aromatic carbocycles. The number of likely N-dealkylation sites (tertiary alicyclic amines) is 1. The summed E-state index contributed by atoms with van der Waals surface area (Å²) in [5, 5.41) is 7.85. The van der Waals surface area contributed by atoms with Gasteiger partial charge in [0.05, 0.1) is 6.20 Å². The van der Waals surface area contributed by atoms with Gasteiger partial charge >= 0.3 is 0 Å². The van der Waals surface area contributed by atoms with Gasteiger partial charge in [0.15, 0.2) is 0 Å². The Morgan fingerprint density at radius 2 is 2.25 bits per heavy atom. The molecule has 1 aromatic heterocycles. The van der Waals surface area contributed by atoms with Crippen molar-refractivity contribution in [2.75, 3.05) is 26.2 Å². The summed E-state index contributed by atoms with van der Waals surface area (Å²) in [6, 6.07) is 0.616. The highest BCUT2D eigenvalue weighted by molar-refractivity contribution is 5.85. The number of nitrogens with one attached hydrogen (secondary N) is 1. The predicted octanol–water partition coefficient (Wildman–Crippen LogP) is 2.37. The van der Waals surface area contributed by atoms with Crippen molar-refractivity contribution in [3.8, 4) is 0 Å². The molecule has 5 heteroatoms. The van der Waals surface area contributed by atoms with Crippen molar-refractivity contribution >= 4 is 12.4 Å². The fraction of sp³-hybridized carbons (Fsp3) is 0.800. The highest BCUT2D eigenvalue weighted by Crippen LogP contribution is 2.32. The summed E-state index contributed by atoms with van der Waals surface area (Å²) < 4.78 is 1.93. The van der Waals surface area contributed by atoms with Gasteiger partial charge in [0.2, 0.25) is 0 Å². The van der Waals surface area contributed by atoms with Gasteiger partial charge in [-0.3, -0.25) is 9.58 Å². The average Bonchev–Trinajstić information content (AvgIpc) is 3.06. The first-order chi connectivity index (χ1) is 9.33. The van der Waals surface area contributed by atoms with E-state index < -0.39 is 0 Å². The molecule has 0 aliphatic carbocycles. The van der Waals surface area contributed by atoms with E-state index in [1.807, 2.05) is 17.9 Å². The monoisotopic (exact) mass is 298 g/mol. The summed E-state index contributed by atoms with van der Waals surface area (Å²) in [4.78, 5) is 2.67. The highest BCUT2D eigenvalue weighted by atomic mass is 35.5. The van der Waals surface area contributed by atoms with Crippen LogP contribution in [0.1, 0.15) is 43.7 Å². The third-order valence-corrected chi connectivity index (χ3v) is 4.70. The minimum absolute atomic E-state index is 0. The molecule has 2 unspecified atom stereocenters. The smallest absolute Gasteiger partial charge is 0.0537 e. The number of aromatic nitrogens is 2. The third-order valence-electron chi connectivity index (χ3n) is 4.70. The van der Waals surface area contributed by atoms with Crippen molar-refractivity contribution in [3.63, 3.8) is 0 Å². The third kappa shape index (κ3) is 3.74. The fourth-order valence-electron chi connectivity index (χ4n) is 3.60. The zero-order valence-electron chi connectivity index (χ0n) is 12.4. The molecule has 3 rings (SSSR count). The van der Waals surface area contributed by atoms with Crippen LogP contribution < -0.4 is 5.32 Å². The zero-order valence-corrected chi connectivity index (χ0v) is 13.2. The summed E-state index contributed by atoms with van der Waals surface area (Å²) >= 11 is 0. The Hall–Kier alpha value is -0.580. The number of rotatable bonds is 4. The standard InChI is InChI=1S/C15H26N4.ClH/c1-18-12-14(11-17-18)15-5-3-8-19(15)9-6-13-4-2-7-16-10-13;/h11-13,15-16H,2-10H2,1H3;1H. The molecule has 2 saturated heterocycles. The summed E-state index contributed by atoms with van der Waals surface area (Å²) in [6.45, 7) is 4.97. The maximum Gasteiger partial charge on any atom is 0.0537 e. The molecule has 20 heavy (non-hydrogen) atoms. The Bertz CT molecular complexity index is 400. The molecule has 3 heterocycles. The van der Waals surface area contributed by atoms with E-state index in [0.29, 0.717) is 6.04 Å². The van der Waals surface area contributed by atoms with E-state index in [1.54, 1.807) is 0 Å². The van der Waals surface area contributed by atoms with Crippen LogP contribution in [0.3, 0.4) is 0 Å². The number of nitrogens with zero attached hydrogens (tertiary/aromatic N) is 3. The first kappa shape index (κ1) is 15.8. The second kappa shape index (κ2) is 7.43. The Morgan fingerprint density at radius 1 is 1.35 bits per heavy atom. The molecule has 2 fully saturated rings. The Morgan fingerprint density at radius 3 is 2.95 bits per heavy atom. The number of aryl methyl sites for hydroxylation is 1. The highest BCUT2D eigenvalue weighted by Gasteiger charge is 2.27. The maximum atomic E-state index is 4.33. The van der Waals surface area contributed by atoms with Gasteiger partial charge in [-0.1, -0.05) is 0 Å². The van der Waals surface area contributed by atoms with E-state index in [9.17, 15) is 0 Å². The Balaban J connectivity index is 0.00000147. The summed E-state index contributed by atoms with van der Waals surface area (Å²) in [6.07, 6.45) is 11.0. The zero-order chi connectivity index (χ0) is 13.1. The van der Waals surface area contributed by atoms with E-state index in [-0.39, 0.29) is 12.4 Å². The second-order valence-electron chi connectivity index (χ2n) is 6.14. The molecule has 0 spiro atoms. The molecular formula is C15H27ClN4. The van der Waals surface area contributed by atoms with E-state index in [0.717, 1.165) is 5.92 Å². The average molecular weight is 299 g/mol. The van der Waals surface area contributed by atoms with Gasteiger partial charge in [-0.05, 0) is 64.2 Å². The molecular weight excluding hydrogens is 272 g/mol. The quantitative estimate of drug-likeness (QED) is 0.926. The van der Waals surface area contributed by atoms with Crippen molar-refractivity contribution in [3.05, 3.63) is 18.0 Å². The van der Waals surface area contributed by atoms with Gasteiger partial charge in [0.1, 0.15) is 0 Å². The summed E-state index contributed by atoms with van der Waals surface area (Å²) in [5.41, 5.74) is 1.40. The number of halogens is 1. The molecule has 4 nitrogen and oxygen atoms in total. The van der Waals surface area contributed by atoms with Gasteiger partial charge in [0.25, 0.3) is 0 Å². The lowest BCUT2D eigenvalue weighted by Gasteiger charge is -2.28. The topological polar surface area (TPSA) is 33.1 Å². The van der Waals surface area contributed by atoms with E-state index in [4.69, 9.17) is 0 Å². The molecule has 0 bridgehead atoms. The fourth-order valence-corrected chi connectivity index (χ4v) is 3.60. The van der Waals surface area contributed by atoms with Crippen LogP contribution >= 0.6 is 12.4 Å². The molecule has 0 radical (unpaired) electrons. The lowest BCUT2D eigenvalue weighted by molar-refractivity contribution is 0.224. The molecule has 2 atom stereocenters. The minimum Gasteiger partial charge on any atom is -0.316 e. The number of hydrogen-bond donors (Lipinski definition) is 1. The minimum atomic E-state index is 0. The molecule has 114 valence electrons. The Kier molecular flexibility index (Phi) is 5.87. The predicted molar refractivity (Wildman–Crippen MR) is 84.2 cm³/mol. The van der Waals surface area contributed by atoms with Crippen LogP contribution in [-0.4, -0.2) is 40.9 Å². The van der Waals surface area contributed by atoms with E-state index >= 15 is 0 Å². The van der Waals surface area contributed by atoms with Crippen molar-refractivity contribution in [2.45, 2.75) is 38.1 Å². The van der Waals surface area contributed by atoms with Crippen molar-refractivity contribution < 1.29 is 0 Å². The van der Waals surface area contributed by atoms with Crippen LogP contribution in [-0.2, 0) is 7.05 Å². The molecule has 2 aliphatic rings. The molecule has 0 saturated carbocycles. The summed E-state index contributed by atoms with van der Waals surface area (Å²) in [5.74, 6) is 0.892. The SMILES string of the molecule is Cl.Cn1cc(C2CCCN2CCC2CCCNC2)cn1. The molecule has 2 aliphatic heterocycles. The van der Waals surface area contributed by atoms with Crippen molar-refractivity contribution in [1.82, 2.24) is 20.0 Å². The number of hydrogen-bond acceptors (Lipinski definition) is 3. The van der Waals surface area contributed by atoms with E-state index in [1.165, 1.54) is 63.8 Å². The van der Waals surface area contributed by atoms with Crippen LogP contribution in [0.5, 0.6) is 0 Å². The molecule has 1 aromatic rings. The lowest BCUT2D eigenvalue weighted by Crippen LogP contribution is -2.33. The van der Waals surface area contributed by atoms with Gasteiger partial charge in [-0.15, -0.1) is 12.4 Å². The first-order valence-electron chi connectivity index (χ1n) is 7.76. The van der Waals surface area contributed by atoms with Crippen LogP contribution in [0.4, 0.5) is 0 Å². The molecule has 0 amide bonds. The van der Waals surface area contributed by atoms with Crippen molar-refractivity contribution in [1.29, 1.82) is 0 Å². The second-order valence-corrected chi connectivity index (χ2v) is 6.14.